The summed E-state index contributed by atoms with van der Waals surface area (Å²) in [5.41, 5.74) is 1.44. The van der Waals surface area contributed by atoms with Gasteiger partial charge in [-0.05, 0) is 71.2 Å². The van der Waals surface area contributed by atoms with Gasteiger partial charge in [-0.25, -0.2) is 9.18 Å². The second-order valence-electron chi connectivity index (χ2n) is 6.71. The number of halogens is 2. The molecule has 0 aromatic heterocycles. The maximum absolute atomic E-state index is 13.1. The Kier molecular flexibility index (Phi) is 6.22. The summed E-state index contributed by atoms with van der Waals surface area (Å²) in [5.74, 6) is 0.220. The van der Waals surface area contributed by atoms with E-state index in [1.807, 2.05) is 13.8 Å². The Hall–Kier alpha value is -2.87. The van der Waals surface area contributed by atoms with Crippen molar-refractivity contribution < 1.29 is 23.5 Å². The lowest BCUT2D eigenvalue weighted by molar-refractivity contribution is -0.123. The number of urea groups is 1. The van der Waals surface area contributed by atoms with Crippen LogP contribution in [-0.4, -0.2) is 30.1 Å². The molecule has 29 heavy (non-hydrogen) atoms. The van der Waals surface area contributed by atoms with Crippen LogP contribution in [0.5, 0.6) is 11.5 Å². The Labute approximate surface area is 176 Å². The lowest BCUT2D eigenvalue weighted by atomic mass is 10.1. The standard InChI is InChI=1S/C21H20BrFN2O4/c1-12(2)29-19-16(22)8-14(10-18(19)28-3)9-17-20(26)25(21(27)24-17)11-13-4-6-15(23)7-5-13/h4-10,12H,11H2,1-3H3,(H,24,27). The Balaban J connectivity index is 1.85. The molecule has 0 aliphatic carbocycles. The van der Waals surface area contributed by atoms with Crippen LogP contribution in [0, 0.1) is 5.82 Å². The van der Waals surface area contributed by atoms with Crippen molar-refractivity contribution in [3.63, 3.8) is 0 Å². The van der Waals surface area contributed by atoms with Crippen molar-refractivity contribution in [3.05, 3.63) is 63.5 Å². The number of hydrogen-bond acceptors (Lipinski definition) is 4. The van der Waals surface area contributed by atoms with E-state index in [0.29, 0.717) is 27.1 Å². The third-order valence-corrected chi connectivity index (χ3v) is 4.72. The van der Waals surface area contributed by atoms with Crippen molar-refractivity contribution in [1.29, 1.82) is 0 Å². The van der Waals surface area contributed by atoms with Crippen LogP contribution < -0.4 is 14.8 Å². The summed E-state index contributed by atoms with van der Waals surface area (Å²) in [6.07, 6.45) is 1.53. The average Bonchev–Trinajstić information content (AvgIpc) is 2.92. The van der Waals surface area contributed by atoms with E-state index in [2.05, 4.69) is 21.2 Å². The molecule has 0 bridgehead atoms. The molecular weight excluding hydrogens is 443 g/mol. The molecule has 1 aliphatic heterocycles. The summed E-state index contributed by atoms with van der Waals surface area (Å²) in [7, 11) is 1.53. The molecule has 1 N–H and O–H groups in total. The number of imide groups is 1. The van der Waals surface area contributed by atoms with E-state index in [1.165, 1.54) is 31.4 Å². The van der Waals surface area contributed by atoms with Crippen LogP contribution in [0.3, 0.4) is 0 Å². The number of ether oxygens (including phenoxy) is 2. The number of nitrogens with zero attached hydrogens (tertiary/aromatic N) is 1. The zero-order valence-electron chi connectivity index (χ0n) is 16.2. The fourth-order valence-corrected chi connectivity index (χ4v) is 3.38. The molecule has 3 amide bonds. The smallest absolute Gasteiger partial charge is 0.329 e. The van der Waals surface area contributed by atoms with Gasteiger partial charge in [0.05, 0.1) is 24.2 Å². The Morgan fingerprint density at radius 1 is 1.21 bits per heavy atom. The highest BCUT2D eigenvalue weighted by molar-refractivity contribution is 9.10. The average molecular weight is 463 g/mol. The van der Waals surface area contributed by atoms with Crippen LogP contribution in [0.4, 0.5) is 9.18 Å². The van der Waals surface area contributed by atoms with Crippen molar-refractivity contribution in [3.8, 4) is 11.5 Å². The molecule has 0 saturated carbocycles. The lowest BCUT2D eigenvalue weighted by Gasteiger charge is -2.16. The molecule has 2 aromatic carbocycles. The lowest BCUT2D eigenvalue weighted by Crippen LogP contribution is -2.30. The topological polar surface area (TPSA) is 67.9 Å². The number of carbonyl (C=O) groups is 2. The third kappa shape index (κ3) is 4.76. The largest absolute Gasteiger partial charge is 0.493 e. The van der Waals surface area contributed by atoms with E-state index in [1.54, 1.807) is 18.2 Å². The predicted molar refractivity (Wildman–Crippen MR) is 110 cm³/mol. The predicted octanol–water partition coefficient (Wildman–Crippen LogP) is 4.48. The summed E-state index contributed by atoms with van der Waals surface area (Å²) in [5, 5.41) is 2.57. The highest BCUT2D eigenvalue weighted by atomic mass is 79.9. The highest BCUT2D eigenvalue weighted by Gasteiger charge is 2.33. The van der Waals surface area contributed by atoms with Gasteiger partial charge < -0.3 is 14.8 Å². The maximum Gasteiger partial charge on any atom is 0.329 e. The molecule has 8 heteroatoms. The zero-order chi connectivity index (χ0) is 21.1. The number of amides is 3. The van der Waals surface area contributed by atoms with Gasteiger partial charge in [0.25, 0.3) is 5.91 Å². The van der Waals surface area contributed by atoms with E-state index < -0.39 is 11.9 Å². The van der Waals surface area contributed by atoms with Gasteiger partial charge in [-0.1, -0.05) is 12.1 Å². The summed E-state index contributed by atoms with van der Waals surface area (Å²) in [6.45, 7) is 3.87. The minimum Gasteiger partial charge on any atom is -0.493 e. The van der Waals surface area contributed by atoms with Gasteiger partial charge in [0, 0.05) is 0 Å². The van der Waals surface area contributed by atoms with Gasteiger partial charge in [0.2, 0.25) is 0 Å². The first kappa shape index (κ1) is 20.9. The molecule has 3 rings (SSSR count). The second kappa shape index (κ2) is 8.65. The van der Waals surface area contributed by atoms with Crippen molar-refractivity contribution in [2.45, 2.75) is 26.5 Å². The Morgan fingerprint density at radius 3 is 2.52 bits per heavy atom. The first-order valence-electron chi connectivity index (χ1n) is 8.91. The minimum absolute atomic E-state index is 0.0416. The molecule has 1 heterocycles. The fraction of sp³-hybridized carbons (Fsp3) is 0.238. The highest BCUT2D eigenvalue weighted by Crippen LogP contribution is 2.38. The molecule has 0 unspecified atom stereocenters. The fourth-order valence-electron chi connectivity index (χ4n) is 2.83. The van der Waals surface area contributed by atoms with Crippen LogP contribution in [-0.2, 0) is 11.3 Å². The number of carbonyl (C=O) groups excluding carboxylic acids is 2. The molecule has 0 atom stereocenters. The molecular formula is C21H20BrFN2O4. The monoisotopic (exact) mass is 462 g/mol. The molecule has 1 saturated heterocycles. The van der Waals surface area contributed by atoms with Crippen LogP contribution in [0.15, 0.2) is 46.6 Å². The molecule has 1 fully saturated rings. The summed E-state index contributed by atoms with van der Waals surface area (Å²) in [6, 6.07) is 8.60. The molecule has 152 valence electrons. The van der Waals surface area contributed by atoms with Crippen LogP contribution in [0.2, 0.25) is 0 Å². The van der Waals surface area contributed by atoms with E-state index >= 15 is 0 Å². The molecule has 0 radical (unpaired) electrons. The first-order valence-corrected chi connectivity index (χ1v) is 9.71. The number of methoxy groups -OCH3 is 1. The van der Waals surface area contributed by atoms with Crippen molar-refractivity contribution in [2.75, 3.05) is 7.11 Å². The van der Waals surface area contributed by atoms with Gasteiger partial charge in [0.15, 0.2) is 11.5 Å². The van der Waals surface area contributed by atoms with E-state index in [4.69, 9.17) is 9.47 Å². The molecule has 2 aromatic rings. The van der Waals surface area contributed by atoms with Gasteiger partial charge in [-0.3, -0.25) is 9.69 Å². The summed E-state index contributed by atoms with van der Waals surface area (Å²) >= 11 is 3.46. The maximum atomic E-state index is 13.1. The molecule has 6 nitrogen and oxygen atoms in total. The molecule has 0 spiro atoms. The minimum atomic E-state index is -0.531. The van der Waals surface area contributed by atoms with Gasteiger partial charge in [-0.2, -0.15) is 0 Å². The zero-order valence-corrected chi connectivity index (χ0v) is 17.7. The van der Waals surface area contributed by atoms with Gasteiger partial charge >= 0.3 is 6.03 Å². The normalized spacial score (nSPS) is 15.2. The van der Waals surface area contributed by atoms with Crippen molar-refractivity contribution in [2.24, 2.45) is 0 Å². The number of benzene rings is 2. The van der Waals surface area contributed by atoms with Crippen LogP contribution >= 0.6 is 15.9 Å². The van der Waals surface area contributed by atoms with E-state index in [9.17, 15) is 14.0 Å². The number of rotatable bonds is 6. The van der Waals surface area contributed by atoms with Crippen molar-refractivity contribution in [1.82, 2.24) is 10.2 Å². The van der Waals surface area contributed by atoms with Gasteiger partial charge in [-0.15, -0.1) is 0 Å². The summed E-state index contributed by atoms with van der Waals surface area (Å²) < 4.78 is 24.9. The third-order valence-electron chi connectivity index (χ3n) is 4.13. The van der Waals surface area contributed by atoms with Gasteiger partial charge in [0.1, 0.15) is 11.5 Å². The summed E-state index contributed by atoms with van der Waals surface area (Å²) in [4.78, 5) is 26.0. The Bertz CT molecular complexity index is 973. The Morgan fingerprint density at radius 2 is 1.90 bits per heavy atom. The number of hydrogen-bond donors (Lipinski definition) is 1. The first-order chi connectivity index (χ1) is 13.8. The van der Waals surface area contributed by atoms with E-state index in [0.717, 1.165) is 4.90 Å². The quantitative estimate of drug-likeness (QED) is 0.507. The molecule has 1 aliphatic rings. The number of nitrogens with one attached hydrogen (secondary N) is 1. The van der Waals surface area contributed by atoms with E-state index in [-0.39, 0.29) is 24.2 Å². The van der Waals surface area contributed by atoms with Crippen molar-refractivity contribution >= 4 is 33.9 Å². The second-order valence-corrected chi connectivity index (χ2v) is 7.56. The SMILES string of the molecule is COc1cc(C=C2NC(=O)N(Cc3ccc(F)cc3)C2=O)cc(Br)c1OC(C)C. The van der Waals surface area contributed by atoms with Crippen LogP contribution in [0.1, 0.15) is 25.0 Å². The van der Waals surface area contributed by atoms with Crippen LogP contribution in [0.25, 0.3) is 6.08 Å².